The second kappa shape index (κ2) is 4.57. The number of nitrogens with zero attached hydrogens (tertiary/aromatic N) is 2. The van der Waals surface area contributed by atoms with E-state index in [-0.39, 0.29) is 6.54 Å². The summed E-state index contributed by atoms with van der Waals surface area (Å²) < 4.78 is 1.73. The number of aromatic nitrogens is 2. The molecule has 0 unspecified atom stereocenters. The number of fused-ring (bicyclic) bond motifs is 1. The van der Waals surface area contributed by atoms with Crippen molar-refractivity contribution in [2.45, 2.75) is 26.8 Å². The molecule has 4 heteroatoms. The van der Waals surface area contributed by atoms with Gasteiger partial charge in [0.25, 0.3) is 0 Å². The highest BCUT2D eigenvalue weighted by Crippen LogP contribution is 2.18. The van der Waals surface area contributed by atoms with Crippen molar-refractivity contribution in [2.24, 2.45) is 5.92 Å². The predicted octanol–water partition coefficient (Wildman–Crippen LogP) is 0.985. The van der Waals surface area contributed by atoms with Crippen LogP contribution in [0.4, 0.5) is 0 Å². The summed E-state index contributed by atoms with van der Waals surface area (Å²) in [5, 5.41) is 10.8. The van der Waals surface area contributed by atoms with Gasteiger partial charge in [-0.3, -0.25) is 0 Å². The van der Waals surface area contributed by atoms with Crippen LogP contribution in [0.3, 0.4) is 0 Å². The van der Waals surface area contributed by atoms with Gasteiger partial charge in [0.05, 0.1) is 23.5 Å². The van der Waals surface area contributed by atoms with Gasteiger partial charge in [-0.15, -0.1) is 0 Å². The monoisotopic (exact) mass is 231 g/mol. The van der Waals surface area contributed by atoms with Gasteiger partial charge in [-0.05, 0) is 18.1 Å². The predicted molar refractivity (Wildman–Crippen MR) is 63.3 cm³/mol. The fourth-order valence-corrected chi connectivity index (χ4v) is 1.95. The Bertz CT molecular complexity index is 543. The summed E-state index contributed by atoms with van der Waals surface area (Å²) in [5.74, 6) is 0.163. The number of imidazole rings is 1. The van der Waals surface area contributed by atoms with E-state index in [0.717, 1.165) is 23.3 Å². The number of hydrogen-bond donors (Lipinski definition) is 0. The highest BCUT2D eigenvalue weighted by molar-refractivity contribution is 5.78. The number of benzene rings is 1. The molecule has 0 amide bonds. The van der Waals surface area contributed by atoms with Crippen molar-refractivity contribution < 1.29 is 9.90 Å². The summed E-state index contributed by atoms with van der Waals surface area (Å²) in [5.41, 5.74) is 1.69. The first kappa shape index (κ1) is 11.6. The lowest BCUT2D eigenvalue weighted by Gasteiger charge is -2.11. The SMILES string of the molecule is CC(C)Cc1nc2ccccc2n1CC(=O)[O-]. The van der Waals surface area contributed by atoms with Crippen LogP contribution in [0.2, 0.25) is 0 Å². The van der Waals surface area contributed by atoms with E-state index in [1.54, 1.807) is 4.57 Å². The molecule has 17 heavy (non-hydrogen) atoms. The molecule has 1 heterocycles. The van der Waals surface area contributed by atoms with Gasteiger partial charge in [-0.1, -0.05) is 26.0 Å². The van der Waals surface area contributed by atoms with Crippen LogP contribution < -0.4 is 5.11 Å². The minimum Gasteiger partial charge on any atom is -0.548 e. The lowest BCUT2D eigenvalue weighted by Crippen LogP contribution is -2.28. The Morgan fingerprint density at radius 2 is 2.12 bits per heavy atom. The maximum Gasteiger partial charge on any atom is 0.110 e. The third-order valence-corrected chi connectivity index (χ3v) is 2.61. The quantitative estimate of drug-likeness (QED) is 0.788. The molecule has 0 N–H and O–H groups in total. The topological polar surface area (TPSA) is 58.0 Å². The van der Waals surface area contributed by atoms with Gasteiger partial charge < -0.3 is 14.5 Å². The molecular formula is C13H15N2O2-. The largest absolute Gasteiger partial charge is 0.548 e. The Morgan fingerprint density at radius 3 is 2.76 bits per heavy atom. The summed E-state index contributed by atoms with van der Waals surface area (Å²) in [6.07, 6.45) is 0.766. The molecule has 4 nitrogen and oxygen atoms in total. The summed E-state index contributed by atoms with van der Waals surface area (Å²) >= 11 is 0. The van der Waals surface area contributed by atoms with Gasteiger partial charge in [0.1, 0.15) is 5.82 Å². The van der Waals surface area contributed by atoms with Crippen molar-refractivity contribution in [1.29, 1.82) is 0 Å². The van der Waals surface area contributed by atoms with Crippen LogP contribution >= 0.6 is 0 Å². The molecule has 90 valence electrons. The summed E-state index contributed by atoms with van der Waals surface area (Å²) in [6, 6.07) is 7.56. The number of carbonyl (C=O) groups excluding carboxylic acids is 1. The Hall–Kier alpha value is -1.84. The number of rotatable bonds is 4. The van der Waals surface area contributed by atoms with Gasteiger partial charge in [-0.2, -0.15) is 0 Å². The second-order valence-electron chi connectivity index (χ2n) is 4.57. The van der Waals surface area contributed by atoms with E-state index in [2.05, 4.69) is 18.8 Å². The maximum absolute atomic E-state index is 10.8. The molecule has 0 aliphatic carbocycles. The van der Waals surface area contributed by atoms with Gasteiger partial charge in [0.2, 0.25) is 0 Å². The van der Waals surface area contributed by atoms with Crippen LogP contribution in [0.1, 0.15) is 19.7 Å². The molecule has 2 rings (SSSR count). The molecule has 1 aromatic carbocycles. The van der Waals surface area contributed by atoms with Gasteiger partial charge >= 0.3 is 0 Å². The smallest absolute Gasteiger partial charge is 0.110 e. The number of carbonyl (C=O) groups is 1. The van der Waals surface area contributed by atoms with E-state index in [4.69, 9.17) is 0 Å². The zero-order valence-corrected chi connectivity index (χ0v) is 10.0. The zero-order chi connectivity index (χ0) is 12.4. The first-order valence-electron chi connectivity index (χ1n) is 5.72. The Kier molecular flexibility index (Phi) is 3.13. The number of carboxylic acids is 1. The molecule has 0 spiro atoms. The number of aliphatic carboxylic acids is 1. The van der Waals surface area contributed by atoms with Crippen molar-refractivity contribution in [1.82, 2.24) is 9.55 Å². The average Bonchev–Trinajstić information content (AvgIpc) is 2.55. The van der Waals surface area contributed by atoms with Crippen LogP contribution in [-0.2, 0) is 17.8 Å². The summed E-state index contributed by atoms with van der Waals surface area (Å²) in [6.45, 7) is 4.04. The van der Waals surface area contributed by atoms with Crippen molar-refractivity contribution in [3.05, 3.63) is 30.1 Å². The van der Waals surface area contributed by atoms with E-state index in [1.165, 1.54) is 0 Å². The van der Waals surface area contributed by atoms with Gasteiger partial charge in [-0.25, -0.2) is 4.98 Å². The number of para-hydroxylation sites is 2. The van der Waals surface area contributed by atoms with Crippen molar-refractivity contribution in [3.8, 4) is 0 Å². The van der Waals surface area contributed by atoms with Crippen LogP contribution in [0.5, 0.6) is 0 Å². The van der Waals surface area contributed by atoms with E-state index in [9.17, 15) is 9.90 Å². The number of hydrogen-bond acceptors (Lipinski definition) is 3. The summed E-state index contributed by atoms with van der Waals surface area (Å²) in [7, 11) is 0. The fraction of sp³-hybridized carbons (Fsp3) is 0.385. The minimum absolute atomic E-state index is 0.136. The molecule has 1 aromatic heterocycles. The standard InChI is InChI=1S/C13H16N2O2/c1-9(2)7-12-14-10-5-3-4-6-11(10)15(12)8-13(16)17/h3-6,9H,7-8H2,1-2H3,(H,16,17)/p-1. The molecule has 0 aliphatic rings. The third-order valence-electron chi connectivity index (χ3n) is 2.61. The Labute approximate surface area is 99.9 Å². The third kappa shape index (κ3) is 2.46. The Balaban J connectivity index is 2.52. The number of carboxylic acid groups (broad SMARTS) is 1. The highest BCUT2D eigenvalue weighted by Gasteiger charge is 2.11. The van der Waals surface area contributed by atoms with Crippen molar-refractivity contribution >= 4 is 17.0 Å². The normalized spacial score (nSPS) is 11.2. The maximum atomic E-state index is 10.8. The van der Waals surface area contributed by atoms with Crippen LogP contribution in [0.15, 0.2) is 24.3 Å². The van der Waals surface area contributed by atoms with E-state index in [1.807, 2.05) is 24.3 Å². The zero-order valence-electron chi connectivity index (χ0n) is 10.0. The molecule has 2 aromatic rings. The fourth-order valence-electron chi connectivity index (χ4n) is 1.95. The molecule has 0 saturated carbocycles. The second-order valence-corrected chi connectivity index (χ2v) is 4.57. The van der Waals surface area contributed by atoms with Crippen LogP contribution in [-0.4, -0.2) is 15.5 Å². The van der Waals surface area contributed by atoms with Crippen LogP contribution in [0, 0.1) is 5.92 Å². The lowest BCUT2D eigenvalue weighted by molar-refractivity contribution is -0.306. The van der Waals surface area contributed by atoms with E-state index in [0.29, 0.717) is 5.92 Å². The van der Waals surface area contributed by atoms with Gasteiger partial charge in [0.15, 0.2) is 0 Å². The van der Waals surface area contributed by atoms with E-state index >= 15 is 0 Å². The molecule has 0 saturated heterocycles. The van der Waals surface area contributed by atoms with Crippen molar-refractivity contribution in [3.63, 3.8) is 0 Å². The van der Waals surface area contributed by atoms with E-state index < -0.39 is 5.97 Å². The van der Waals surface area contributed by atoms with Crippen molar-refractivity contribution in [2.75, 3.05) is 0 Å². The highest BCUT2D eigenvalue weighted by atomic mass is 16.4. The molecule has 0 fully saturated rings. The molecule has 0 aliphatic heterocycles. The van der Waals surface area contributed by atoms with Crippen LogP contribution in [0.25, 0.3) is 11.0 Å². The first-order valence-corrected chi connectivity index (χ1v) is 5.72. The summed E-state index contributed by atoms with van der Waals surface area (Å²) in [4.78, 5) is 15.3. The lowest BCUT2D eigenvalue weighted by atomic mass is 10.1. The minimum atomic E-state index is -1.09. The van der Waals surface area contributed by atoms with Gasteiger partial charge in [0, 0.05) is 6.42 Å². The molecular weight excluding hydrogens is 216 g/mol. The molecule has 0 radical (unpaired) electrons. The first-order chi connectivity index (χ1) is 8.08. The molecule has 0 bridgehead atoms. The average molecular weight is 231 g/mol. The Morgan fingerprint density at radius 1 is 1.41 bits per heavy atom. The molecule has 0 atom stereocenters.